The van der Waals surface area contributed by atoms with Gasteiger partial charge in [-0.1, -0.05) is 17.3 Å². The second kappa shape index (κ2) is 5.21. The van der Waals surface area contributed by atoms with Crippen molar-refractivity contribution in [3.05, 3.63) is 47.5 Å². The zero-order valence-electron chi connectivity index (χ0n) is 11.5. The molecule has 1 aliphatic carbocycles. The summed E-state index contributed by atoms with van der Waals surface area (Å²) < 4.78 is 14.1. The van der Waals surface area contributed by atoms with Gasteiger partial charge in [-0.25, -0.2) is 13.9 Å². The number of nitrogens with one attached hydrogen (secondary N) is 1. The van der Waals surface area contributed by atoms with E-state index in [1.54, 1.807) is 12.1 Å². The van der Waals surface area contributed by atoms with Gasteiger partial charge in [0.15, 0.2) is 5.69 Å². The van der Waals surface area contributed by atoms with Gasteiger partial charge in [-0.3, -0.25) is 4.79 Å². The number of carboxylic acid groups (broad SMARTS) is 1. The highest BCUT2D eigenvalue weighted by Crippen LogP contribution is 2.45. The Hall–Kier alpha value is -2.77. The molecule has 0 saturated heterocycles. The molecule has 0 spiro atoms. The van der Waals surface area contributed by atoms with E-state index < -0.39 is 11.5 Å². The maximum atomic E-state index is 13.0. The molecule has 0 bridgehead atoms. The first-order valence-corrected chi connectivity index (χ1v) is 6.69. The van der Waals surface area contributed by atoms with E-state index in [2.05, 4.69) is 15.6 Å². The van der Waals surface area contributed by atoms with Crippen LogP contribution < -0.4 is 5.32 Å². The smallest absolute Gasteiger partial charge is 0.358 e. The van der Waals surface area contributed by atoms with E-state index >= 15 is 0 Å². The zero-order valence-corrected chi connectivity index (χ0v) is 11.5. The Morgan fingerprint density at radius 2 is 2.00 bits per heavy atom. The number of aromatic nitrogens is 3. The van der Waals surface area contributed by atoms with Crippen molar-refractivity contribution < 1.29 is 19.1 Å². The van der Waals surface area contributed by atoms with Crippen LogP contribution in [0.2, 0.25) is 0 Å². The van der Waals surface area contributed by atoms with Crippen LogP contribution in [0.4, 0.5) is 4.39 Å². The highest BCUT2D eigenvalue weighted by molar-refractivity contribution is 5.85. The highest BCUT2D eigenvalue weighted by Gasteiger charge is 2.45. The lowest BCUT2D eigenvalue weighted by atomic mass is 10.0. The molecule has 1 heterocycles. The fourth-order valence-corrected chi connectivity index (χ4v) is 2.31. The van der Waals surface area contributed by atoms with Crippen molar-refractivity contribution >= 4 is 11.9 Å². The van der Waals surface area contributed by atoms with Crippen LogP contribution in [-0.2, 0) is 16.9 Å². The summed E-state index contributed by atoms with van der Waals surface area (Å²) in [6.45, 7) is -0.122. The average Bonchev–Trinajstić information content (AvgIpc) is 3.08. The van der Waals surface area contributed by atoms with E-state index in [-0.39, 0.29) is 24.0 Å². The van der Waals surface area contributed by atoms with Gasteiger partial charge in [0.2, 0.25) is 5.91 Å². The number of carboxylic acids is 1. The lowest BCUT2D eigenvalue weighted by molar-refractivity contribution is -0.122. The second-order valence-corrected chi connectivity index (χ2v) is 5.24. The number of amides is 1. The summed E-state index contributed by atoms with van der Waals surface area (Å²) in [5, 5.41) is 18.7. The molecule has 2 aromatic rings. The van der Waals surface area contributed by atoms with Crippen LogP contribution in [0.3, 0.4) is 0 Å². The summed E-state index contributed by atoms with van der Waals surface area (Å²) in [7, 11) is 0. The molecule has 1 aromatic carbocycles. The van der Waals surface area contributed by atoms with Gasteiger partial charge >= 0.3 is 5.97 Å². The molecule has 7 nitrogen and oxygen atoms in total. The lowest BCUT2D eigenvalue weighted by Crippen LogP contribution is -2.37. The number of nitrogens with zero attached hydrogens (tertiary/aromatic N) is 3. The number of carbonyl (C=O) groups excluding carboxylic acids is 1. The van der Waals surface area contributed by atoms with Crippen LogP contribution in [0.5, 0.6) is 0 Å². The summed E-state index contributed by atoms with van der Waals surface area (Å²) in [6.07, 6.45) is 2.75. The van der Waals surface area contributed by atoms with Gasteiger partial charge in [0.1, 0.15) is 12.4 Å². The highest BCUT2D eigenvalue weighted by atomic mass is 19.1. The average molecular weight is 304 g/mol. The molecule has 114 valence electrons. The Morgan fingerprint density at radius 3 is 2.55 bits per heavy atom. The van der Waals surface area contributed by atoms with Crippen LogP contribution in [-0.4, -0.2) is 32.0 Å². The maximum absolute atomic E-state index is 13.0. The van der Waals surface area contributed by atoms with Crippen LogP contribution in [0.25, 0.3) is 0 Å². The maximum Gasteiger partial charge on any atom is 0.358 e. The Morgan fingerprint density at radius 1 is 1.32 bits per heavy atom. The molecular formula is C14H13FN4O3. The third kappa shape index (κ3) is 2.80. The fraction of sp³-hybridized carbons (Fsp3) is 0.286. The predicted octanol–water partition coefficient (Wildman–Crippen LogP) is 0.921. The Kier molecular flexibility index (Phi) is 3.36. The Bertz CT molecular complexity index is 722. The van der Waals surface area contributed by atoms with Gasteiger partial charge in [0, 0.05) is 0 Å². The molecule has 1 aromatic heterocycles. The first-order valence-electron chi connectivity index (χ1n) is 6.69. The SMILES string of the molecule is O=C(Cn1cc(C(=O)O)nn1)NC1(c2ccc(F)cc2)CC1. The fourth-order valence-electron chi connectivity index (χ4n) is 2.31. The van der Waals surface area contributed by atoms with Gasteiger partial charge in [-0.05, 0) is 30.5 Å². The number of aromatic carboxylic acids is 1. The van der Waals surface area contributed by atoms with E-state index in [0.717, 1.165) is 18.4 Å². The van der Waals surface area contributed by atoms with Crippen LogP contribution in [0, 0.1) is 5.82 Å². The quantitative estimate of drug-likeness (QED) is 0.856. The number of halogens is 1. The van der Waals surface area contributed by atoms with Gasteiger partial charge in [-0.15, -0.1) is 5.10 Å². The molecule has 2 N–H and O–H groups in total. The molecule has 3 rings (SSSR count). The van der Waals surface area contributed by atoms with Gasteiger partial charge in [0.05, 0.1) is 11.7 Å². The Balaban J connectivity index is 1.66. The summed E-state index contributed by atoms with van der Waals surface area (Å²) in [6, 6.07) is 6.03. The standard InChI is InChI=1S/C14H13FN4O3/c15-10-3-1-9(2-4-10)14(5-6-14)16-12(20)8-19-7-11(13(21)22)17-18-19/h1-4,7H,5-6,8H2,(H,16,20)(H,21,22). The largest absolute Gasteiger partial charge is 0.476 e. The summed E-state index contributed by atoms with van der Waals surface area (Å²) >= 11 is 0. The molecular weight excluding hydrogens is 291 g/mol. The van der Waals surface area contributed by atoms with Crippen molar-refractivity contribution in [3.8, 4) is 0 Å². The van der Waals surface area contributed by atoms with Gasteiger partial charge in [-0.2, -0.15) is 0 Å². The zero-order chi connectivity index (χ0) is 15.7. The summed E-state index contributed by atoms with van der Waals surface area (Å²) in [5.74, 6) is -1.82. The molecule has 8 heteroatoms. The van der Waals surface area contributed by atoms with Gasteiger partial charge in [0.25, 0.3) is 0 Å². The van der Waals surface area contributed by atoms with Crippen molar-refractivity contribution in [2.45, 2.75) is 24.9 Å². The van der Waals surface area contributed by atoms with Crippen molar-refractivity contribution in [2.24, 2.45) is 0 Å². The molecule has 0 unspecified atom stereocenters. The van der Waals surface area contributed by atoms with E-state index in [9.17, 15) is 14.0 Å². The third-order valence-electron chi connectivity index (χ3n) is 3.59. The van der Waals surface area contributed by atoms with Crippen LogP contribution in [0.15, 0.2) is 30.5 Å². The van der Waals surface area contributed by atoms with Crippen molar-refractivity contribution in [2.75, 3.05) is 0 Å². The van der Waals surface area contributed by atoms with Crippen molar-refractivity contribution in [1.29, 1.82) is 0 Å². The van der Waals surface area contributed by atoms with Crippen molar-refractivity contribution in [3.63, 3.8) is 0 Å². The van der Waals surface area contributed by atoms with E-state index in [0.29, 0.717) is 0 Å². The minimum atomic E-state index is -1.20. The van der Waals surface area contributed by atoms with Gasteiger partial charge < -0.3 is 10.4 Å². The number of carbonyl (C=O) groups is 2. The first kappa shape index (κ1) is 14.2. The molecule has 0 atom stereocenters. The number of benzene rings is 1. The molecule has 1 fully saturated rings. The number of hydrogen-bond donors (Lipinski definition) is 2. The summed E-state index contributed by atoms with van der Waals surface area (Å²) in [5.41, 5.74) is 0.181. The van der Waals surface area contributed by atoms with Crippen LogP contribution >= 0.6 is 0 Å². The monoisotopic (exact) mass is 304 g/mol. The minimum absolute atomic E-state index is 0.122. The van der Waals surface area contributed by atoms with E-state index in [1.165, 1.54) is 23.0 Å². The minimum Gasteiger partial charge on any atom is -0.476 e. The summed E-state index contributed by atoms with van der Waals surface area (Å²) in [4.78, 5) is 22.8. The lowest BCUT2D eigenvalue weighted by Gasteiger charge is -2.17. The topological polar surface area (TPSA) is 97.1 Å². The van der Waals surface area contributed by atoms with E-state index in [1.807, 2.05) is 0 Å². The predicted molar refractivity (Wildman–Crippen MR) is 72.4 cm³/mol. The number of rotatable bonds is 5. The molecule has 0 radical (unpaired) electrons. The Labute approximate surface area is 124 Å². The van der Waals surface area contributed by atoms with Crippen LogP contribution in [0.1, 0.15) is 28.9 Å². The third-order valence-corrected chi connectivity index (χ3v) is 3.59. The second-order valence-electron chi connectivity index (χ2n) is 5.24. The molecule has 1 aliphatic rings. The molecule has 0 aliphatic heterocycles. The number of hydrogen-bond acceptors (Lipinski definition) is 4. The molecule has 22 heavy (non-hydrogen) atoms. The molecule has 1 amide bonds. The van der Waals surface area contributed by atoms with Crippen molar-refractivity contribution in [1.82, 2.24) is 20.3 Å². The first-order chi connectivity index (χ1) is 10.5. The van der Waals surface area contributed by atoms with E-state index in [4.69, 9.17) is 5.11 Å². The molecule has 1 saturated carbocycles. The normalized spacial score (nSPS) is 15.3.